The molecule has 1 heterocycles. The molecule has 110 valence electrons. The van der Waals surface area contributed by atoms with Gasteiger partial charge < -0.3 is 5.11 Å². The van der Waals surface area contributed by atoms with Crippen molar-refractivity contribution in [1.29, 1.82) is 0 Å². The van der Waals surface area contributed by atoms with Crippen LogP contribution in [0.2, 0.25) is 0 Å². The van der Waals surface area contributed by atoms with Crippen molar-refractivity contribution in [1.82, 2.24) is 15.0 Å². The number of benzene rings is 1. The number of hydrogen-bond acceptors (Lipinski definition) is 5. The lowest BCUT2D eigenvalue weighted by atomic mass is 10.2. The molecule has 0 saturated carbocycles. The average molecular weight is 309 g/mol. The molecule has 0 aliphatic carbocycles. The predicted molar refractivity (Wildman–Crippen MR) is 75.5 cm³/mol. The molecule has 1 aromatic carbocycles. The first-order valence-electron chi connectivity index (χ1n) is 6.07. The van der Waals surface area contributed by atoms with E-state index in [1.54, 1.807) is 6.20 Å². The summed E-state index contributed by atoms with van der Waals surface area (Å²) in [7, 11) is 0. The van der Waals surface area contributed by atoms with Gasteiger partial charge in [-0.05, 0) is 0 Å². The van der Waals surface area contributed by atoms with Crippen molar-refractivity contribution in [2.24, 2.45) is 0 Å². The van der Waals surface area contributed by atoms with E-state index >= 15 is 0 Å². The zero-order chi connectivity index (χ0) is 15.2. The van der Waals surface area contributed by atoms with E-state index in [1.165, 1.54) is 4.68 Å². The number of carbonyl (C=O) groups excluding carboxylic acids is 1. The van der Waals surface area contributed by atoms with Crippen LogP contribution < -0.4 is 0 Å². The summed E-state index contributed by atoms with van der Waals surface area (Å²) in [6.07, 6.45) is -0.768. The maximum Gasteiger partial charge on any atom is 0.347 e. The van der Waals surface area contributed by atoms with Gasteiger partial charge in [-0.3, -0.25) is 9.48 Å². The summed E-state index contributed by atoms with van der Waals surface area (Å²) < 4.78 is 14.4. The number of carboxylic acids is 1. The number of rotatable bonds is 6. The number of thioether (sulfide) groups is 1. The lowest BCUT2D eigenvalue weighted by Crippen LogP contribution is -2.23. The van der Waals surface area contributed by atoms with Gasteiger partial charge in [0.25, 0.3) is 6.17 Å². The van der Waals surface area contributed by atoms with Crippen molar-refractivity contribution in [2.75, 3.05) is 5.75 Å². The van der Waals surface area contributed by atoms with E-state index in [-0.39, 0.29) is 5.75 Å². The van der Waals surface area contributed by atoms with Gasteiger partial charge in [-0.25, -0.2) is 9.18 Å². The normalized spacial score (nSPS) is 12.0. The molecule has 0 bridgehead atoms. The molecule has 1 atom stereocenters. The Morgan fingerprint density at radius 1 is 1.33 bits per heavy atom. The molecule has 0 saturated heterocycles. The van der Waals surface area contributed by atoms with E-state index in [2.05, 4.69) is 10.3 Å². The number of aromatic nitrogens is 3. The highest BCUT2D eigenvalue weighted by atomic mass is 32.2. The van der Waals surface area contributed by atoms with Crippen molar-refractivity contribution in [3.63, 3.8) is 0 Å². The molecule has 1 N–H and O–H groups in total. The lowest BCUT2D eigenvalue weighted by molar-refractivity contribution is -0.145. The van der Waals surface area contributed by atoms with Crippen LogP contribution in [0.3, 0.4) is 0 Å². The van der Waals surface area contributed by atoms with Crippen LogP contribution in [-0.2, 0) is 16.1 Å². The number of carbonyl (C=O) groups is 2. The number of hydrogen-bond donors (Lipinski definition) is 1. The fourth-order valence-electron chi connectivity index (χ4n) is 1.56. The van der Waals surface area contributed by atoms with E-state index < -0.39 is 17.3 Å². The Labute approximate surface area is 124 Å². The third-order valence-electron chi connectivity index (χ3n) is 2.60. The molecule has 6 nitrogen and oxygen atoms in total. The highest BCUT2D eigenvalue weighted by Gasteiger charge is 2.25. The zero-order valence-corrected chi connectivity index (χ0v) is 11.7. The maximum atomic E-state index is 12.9. The smallest absolute Gasteiger partial charge is 0.347 e. The molecular formula is C13H12FN3O3S. The Balaban J connectivity index is 1.87. The largest absolute Gasteiger partial charge is 0.479 e. The molecular weight excluding hydrogens is 297 g/mol. The number of carboxylic acid groups (broad SMARTS) is 1. The van der Waals surface area contributed by atoms with E-state index in [0.717, 1.165) is 5.56 Å². The third kappa shape index (κ3) is 4.12. The average Bonchev–Trinajstić information content (AvgIpc) is 2.96. The van der Waals surface area contributed by atoms with Crippen molar-refractivity contribution in [3.8, 4) is 11.3 Å². The molecule has 1 unspecified atom stereocenters. The molecule has 21 heavy (non-hydrogen) atoms. The summed E-state index contributed by atoms with van der Waals surface area (Å²) in [4.78, 5) is 21.5. The molecule has 0 amide bonds. The summed E-state index contributed by atoms with van der Waals surface area (Å²) in [5.74, 6) is -1.54. The van der Waals surface area contributed by atoms with Crippen LogP contribution >= 0.6 is 11.8 Å². The molecule has 0 aliphatic rings. The number of nitrogens with zero attached hydrogens (tertiary/aromatic N) is 3. The SMILES string of the molecule is O=C(O)C(F)C(=O)SCCn1cc(-c2ccccc2)nn1. The van der Waals surface area contributed by atoms with E-state index in [0.29, 0.717) is 24.0 Å². The molecule has 2 aromatic rings. The first kappa shape index (κ1) is 15.2. The zero-order valence-electron chi connectivity index (χ0n) is 10.8. The van der Waals surface area contributed by atoms with Crippen molar-refractivity contribution in [2.45, 2.75) is 12.7 Å². The monoisotopic (exact) mass is 309 g/mol. The number of aryl methyl sites for hydroxylation is 1. The van der Waals surface area contributed by atoms with Crippen LogP contribution in [0.1, 0.15) is 0 Å². The fraction of sp³-hybridized carbons (Fsp3) is 0.231. The van der Waals surface area contributed by atoms with Crippen LogP contribution in [0, 0.1) is 0 Å². The lowest BCUT2D eigenvalue weighted by Gasteiger charge is -2.02. The van der Waals surface area contributed by atoms with Crippen molar-refractivity contribution < 1.29 is 19.1 Å². The van der Waals surface area contributed by atoms with Gasteiger partial charge in [-0.2, -0.15) is 0 Å². The highest BCUT2D eigenvalue weighted by molar-refractivity contribution is 8.13. The summed E-state index contributed by atoms with van der Waals surface area (Å²) in [5.41, 5.74) is 1.61. The van der Waals surface area contributed by atoms with Gasteiger partial charge in [0.05, 0.1) is 12.7 Å². The first-order valence-corrected chi connectivity index (χ1v) is 7.05. The molecule has 0 spiro atoms. The fourth-order valence-corrected chi connectivity index (χ4v) is 2.29. The number of aliphatic carboxylic acids is 1. The highest BCUT2D eigenvalue weighted by Crippen LogP contribution is 2.15. The first-order chi connectivity index (χ1) is 10.1. The van der Waals surface area contributed by atoms with Gasteiger partial charge in [0.1, 0.15) is 5.69 Å². The Kier molecular flexibility index (Phi) is 5.04. The van der Waals surface area contributed by atoms with Crippen LogP contribution in [0.4, 0.5) is 4.39 Å². The predicted octanol–water partition coefficient (Wildman–Crippen LogP) is 1.63. The van der Waals surface area contributed by atoms with Gasteiger partial charge in [-0.1, -0.05) is 47.3 Å². The molecule has 0 fully saturated rings. The van der Waals surface area contributed by atoms with Crippen LogP contribution in [-0.4, -0.2) is 43.1 Å². The maximum absolute atomic E-state index is 12.9. The third-order valence-corrected chi connectivity index (χ3v) is 3.47. The molecule has 0 radical (unpaired) electrons. The van der Waals surface area contributed by atoms with Crippen molar-refractivity contribution >= 4 is 22.8 Å². The van der Waals surface area contributed by atoms with E-state index in [1.807, 2.05) is 30.3 Å². The number of alkyl halides is 1. The van der Waals surface area contributed by atoms with Gasteiger partial charge in [-0.15, -0.1) is 5.10 Å². The van der Waals surface area contributed by atoms with Crippen LogP contribution in [0.25, 0.3) is 11.3 Å². The van der Waals surface area contributed by atoms with Gasteiger partial charge in [0.2, 0.25) is 5.12 Å². The second kappa shape index (κ2) is 6.98. The van der Waals surface area contributed by atoms with Gasteiger partial charge in [0.15, 0.2) is 0 Å². The molecule has 8 heteroatoms. The van der Waals surface area contributed by atoms with E-state index in [4.69, 9.17) is 5.11 Å². The van der Waals surface area contributed by atoms with Crippen molar-refractivity contribution in [3.05, 3.63) is 36.5 Å². The van der Waals surface area contributed by atoms with E-state index in [9.17, 15) is 14.0 Å². The van der Waals surface area contributed by atoms with Gasteiger partial charge in [0, 0.05) is 11.3 Å². The van der Waals surface area contributed by atoms with Crippen LogP contribution in [0.5, 0.6) is 0 Å². The molecule has 1 aromatic heterocycles. The summed E-state index contributed by atoms with van der Waals surface area (Å²) in [6, 6.07) is 9.46. The Morgan fingerprint density at radius 2 is 2.05 bits per heavy atom. The standard InChI is InChI=1S/C13H12FN3O3S/c14-11(12(18)19)13(20)21-7-6-17-8-10(15-16-17)9-4-2-1-3-5-9/h1-5,8,11H,6-7H2,(H,18,19). The second-order valence-corrected chi connectivity index (χ2v) is 5.20. The van der Waals surface area contributed by atoms with Crippen LogP contribution in [0.15, 0.2) is 36.5 Å². The topological polar surface area (TPSA) is 85.1 Å². The van der Waals surface area contributed by atoms with Gasteiger partial charge >= 0.3 is 5.97 Å². The minimum atomic E-state index is -2.48. The summed E-state index contributed by atoms with van der Waals surface area (Å²) >= 11 is 0.629. The number of halogens is 1. The Bertz CT molecular complexity index is 633. The Morgan fingerprint density at radius 3 is 2.71 bits per heavy atom. The molecule has 2 rings (SSSR count). The minimum absolute atomic E-state index is 0.226. The molecule has 0 aliphatic heterocycles. The quantitative estimate of drug-likeness (QED) is 0.816. The Hall–Kier alpha value is -2.22. The minimum Gasteiger partial charge on any atom is -0.479 e. The second-order valence-electron chi connectivity index (χ2n) is 4.10. The summed E-state index contributed by atoms with van der Waals surface area (Å²) in [6.45, 7) is 0.336. The summed E-state index contributed by atoms with van der Waals surface area (Å²) in [5, 5.41) is 15.3.